The van der Waals surface area contributed by atoms with Gasteiger partial charge in [-0.15, -0.1) is 0 Å². The van der Waals surface area contributed by atoms with E-state index in [-0.39, 0.29) is 0 Å². The molecule has 0 heteroatoms. The summed E-state index contributed by atoms with van der Waals surface area (Å²) in [6.45, 7) is 32.5. The van der Waals surface area contributed by atoms with E-state index in [0.717, 1.165) is 0 Å². The highest BCUT2D eigenvalue weighted by Crippen LogP contribution is 1.80. The van der Waals surface area contributed by atoms with E-state index in [2.05, 4.69) is 27.7 Å². The zero-order chi connectivity index (χ0) is 25.9. The van der Waals surface area contributed by atoms with Gasteiger partial charge in [-0.25, -0.2) is 0 Å². The minimum absolute atomic E-state index is 1.25. The Balaban J connectivity index is -0.0000000316. The van der Waals surface area contributed by atoms with E-state index in [1.54, 1.807) is 0 Å². The molecular weight excluding hydrogens is 360 g/mol. The summed E-state index contributed by atoms with van der Waals surface area (Å²) in [6, 6.07) is 24.0. The van der Waals surface area contributed by atoms with Gasteiger partial charge in [0.1, 0.15) is 0 Å². The lowest BCUT2D eigenvalue weighted by molar-refractivity contribution is 1.09. The van der Waals surface area contributed by atoms with Crippen LogP contribution in [0.3, 0.4) is 0 Å². The molecular formula is C30H64. The summed E-state index contributed by atoms with van der Waals surface area (Å²) in [5, 5.41) is 0. The van der Waals surface area contributed by atoms with E-state index in [4.69, 9.17) is 0 Å². The van der Waals surface area contributed by atoms with Crippen LogP contribution >= 0.6 is 0 Å². The van der Waals surface area contributed by atoms with Gasteiger partial charge in [0, 0.05) is 0 Å². The fourth-order valence-electron chi connectivity index (χ4n) is 0.770. The Morgan fingerprint density at radius 2 is 0.267 bits per heavy atom. The predicted molar refractivity (Wildman–Crippen MR) is 153 cm³/mol. The summed E-state index contributed by atoms with van der Waals surface area (Å²) in [6.07, 6.45) is 2.50. The first-order valence-electron chi connectivity index (χ1n) is 12.8. The van der Waals surface area contributed by atoms with Crippen molar-refractivity contribution in [3.8, 4) is 0 Å². The Bertz CT molecular complexity index is 199. The average Bonchev–Trinajstić information content (AvgIpc) is 2.90. The second-order valence-electron chi connectivity index (χ2n) is 3.72. The third-order valence-corrected chi connectivity index (χ3v) is 1.33. The minimum atomic E-state index is 1.25. The molecule has 30 heavy (non-hydrogen) atoms. The molecule has 0 nitrogen and oxygen atoms in total. The van der Waals surface area contributed by atoms with Crippen molar-refractivity contribution in [1.29, 1.82) is 0 Å². The maximum atomic E-state index is 2.12. The third-order valence-electron chi connectivity index (χ3n) is 1.33. The average molecular weight is 425 g/mol. The van der Waals surface area contributed by atoms with Crippen LogP contribution in [0.2, 0.25) is 0 Å². The summed E-state index contributed by atoms with van der Waals surface area (Å²) in [5.74, 6) is 0. The predicted octanol–water partition coefficient (Wildman–Crippen LogP) is 12.4. The summed E-state index contributed by atoms with van der Waals surface area (Å²) in [5.41, 5.74) is 0. The van der Waals surface area contributed by atoms with Gasteiger partial charge in [0.25, 0.3) is 0 Å². The van der Waals surface area contributed by atoms with Gasteiger partial charge in [-0.3, -0.25) is 0 Å². The Labute approximate surface area is 196 Å². The molecule has 0 aliphatic rings. The first-order valence-corrected chi connectivity index (χ1v) is 12.8. The zero-order valence-electron chi connectivity index (χ0n) is 24.3. The van der Waals surface area contributed by atoms with Crippen molar-refractivity contribution < 1.29 is 0 Å². The standard InChI is InChI=1S/2C6H6.2C3H8.6C2H6/c2*1-2-4-6-5-3-1;2*1-3-2;6*1-2/h2*1-6H;2*3H2,1-2H3;6*1-2H3. The van der Waals surface area contributed by atoms with E-state index >= 15 is 0 Å². The van der Waals surface area contributed by atoms with Crippen LogP contribution in [0, 0.1) is 0 Å². The highest BCUT2D eigenvalue weighted by atomic mass is 13.7. The van der Waals surface area contributed by atoms with Gasteiger partial charge < -0.3 is 0 Å². The summed E-state index contributed by atoms with van der Waals surface area (Å²) in [4.78, 5) is 0. The summed E-state index contributed by atoms with van der Waals surface area (Å²) >= 11 is 0. The number of hydrogen-bond donors (Lipinski definition) is 0. The topological polar surface area (TPSA) is 0 Å². The highest BCUT2D eigenvalue weighted by molar-refractivity contribution is 4.99. The molecule has 0 unspecified atom stereocenters. The van der Waals surface area contributed by atoms with Gasteiger partial charge in [-0.05, 0) is 0 Å². The maximum absolute atomic E-state index is 2.12. The third kappa shape index (κ3) is 157. The van der Waals surface area contributed by atoms with Crippen LogP contribution in [0.4, 0.5) is 0 Å². The van der Waals surface area contributed by atoms with Crippen molar-refractivity contribution in [3.05, 3.63) is 72.8 Å². The van der Waals surface area contributed by atoms with Gasteiger partial charge in [0.15, 0.2) is 0 Å². The van der Waals surface area contributed by atoms with Gasteiger partial charge >= 0.3 is 0 Å². The van der Waals surface area contributed by atoms with Crippen LogP contribution in [0.15, 0.2) is 72.8 Å². The van der Waals surface area contributed by atoms with Crippen molar-refractivity contribution in [2.45, 2.75) is 124 Å². The molecule has 184 valence electrons. The molecule has 0 bridgehead atoms. The second kappa shape index (κ2) is 124. The van der Waals surface area contributed by atoms with Crippen LogP contribution < -0.4 is 0 Å². The molecule has 2 rings (SSSR count). The highest BCUT2D eigenvalue weighted by Gasteiger charge is 1.58. The molecule has 0 N–H and O–H groups in total. The Morgan fingerprint density at radius 3 is 0.300 bits per heavy atom. The van der Waals surface area contributed by atoms with Crippen molar-refractivity contribution in [1.82, 2.24) is 0 Å². The van der Waals surface area contributed by atoms with Crippen molar-refractivity contribution >= 4 is 0 Å². The van der Waals surface area contributed by atoms with Crippen LogP contribution in [0.5, 0.6) is 0 Å². The molecule has 0 saturated carbocycles. The molecule has 0 amide bonds. The van der Waals surface area contributed by atoms with Crippen LogP contribution in [-0.4, -0.2) is 0 Å². The Kier molecular flexibility index (Phi) is 212. The largest absolute Gasteiger partial charge is 0.0683 e. The van der Waals surface area contributed by atoms with Gasteiger partial charge in [-0.2, -0.15) is 0 Å². The van der Waals surface area contributed by atoms with Crippen molar-refractivity contribution in [2.75, 3.05) is 0 Å². The van der Waals surface area contributed by atoms with E-state index in [1.807, 2.05) is 156 Å². The number of benzene rings is 2. The smallest absolute Gasteiger partial charge is 0.0590 e. The maximum Gasteiger partial charge on any atom is -0.0590 e. The van der Waals surface area contributed by atoms with E-state index in [9.17, 15) is 0 Å². The minimum Gasteiger partial charge on any atom is -0.0683 e. The van der Waals surface area contributed by atoms with E-state index in [0.29, 0.717) is 0 Å². The lowest BCUT2D eigenvalue weighted by atomic mass is 10.4. The summed E-state index contributed by atoms with van der Waals surface area (Å²) < 4.78 is 0. The van der Waals surface area contributed by atoms with E-state index in [1.165, 1.54) is 12.8 Å². The number of rotatable bonds is 0. The van der Waals surface area contributed by atoms with Crippen LogP contribution in [0.1, 0.15) is 124 Å². The zero-order valence-corrected chi connectivity index (χ0v) is 24.3. The fourth-order valence-corrected chi connectivity index (χ4v) is 0.770. The first-order chi connectivity index (χ1) is 14.8. The second-order valence-corrected chi connectivity index (χ2v) is 3.72. The molecule has 0 saturated heterocycles. The lowest BCUT2D eigenvalue weighted by Crippen LogP contribution is -1.47. The van der Waals surface area contributed by atoms with Gasteiger partial charge in [0.05, 0.1) is 0 Å². The van der Waals surface area contributed by atoms with Crippen molar-refractivity contribution in [2.24, 2.45) is 0 Å². The monoisotopic (exact) mass is 425 g/mol. The molecule has 0 fully saturated rings. The molecule has 0 aromatic heterocycles. The molecule has 0 atom stereocenters. The normalized spacial score (nSPS) is 5.60. The number of hydrogen-bond acceptors (Lipinski definition) is 0. The molecule has 0 heterocycles. The van der Waals surface area contributed by atoms with Gasteiger partial charge in [0.2, 0.25) is 0 Å². The molecule has 0 radical (unpaired) electrons. The SMILES string of the molecule is CC.CC.CC.CC.CC.CC.CCC.CCC.c1ccccc1.c1ccccc1. The molecule has 0 aliphatic carbocycles. The first kappa shape index (κ1) is 51.3. The molecule has 0 aliphatic heterocycles. The Hall–Kier alpha value is -1.56. The van der Waals surface area contributed by atoms with E-state index < -0.39 is 0 Å². The quantitative estimate of drug-likeness (QED) is 0.394. The van der Waals surface area contributed by atoms with Crippen LogP contribution in [-0.2, 0) is 0 Å². The lowest BCUT2D eigenvalue weighted by Gasteiger charge is -1.69. The van der Waals surface area contributed by atoms with Crippen molar-refractivity contribution in [3.63, 3.8) is 0 Å². The molecule has 2 aromatic carbocycles. The van der Waals surface area contributed by atoms with Crippen LogP contribution in [0.25, 0.3) is 0 Å². The fraction of sp³-hybridized carbons (Fsp3) is 0.600. The summed E-state index contributed by atoms with van der Waals surface area (Å²) in [7, 11) is 0. The Morgan fingerprint density at radius 1 is 0.233 bits per heavy atom. The van der Waals surface area contributed by atoms with Gasteiger partial charge in [-0.1, -0.05) is 196 Å². The molecule has 0 spiro atoms. The molecule has 2 aromatic rings.